The fourth-order valence-corrected chi connectivity index (χ4v) is 4.28. The SMILES string of the molecule is CC[C@H](Oc1cc(C)ccc1C)C(=O)NCCSC1CCCCC1. The number of hydrogen-bond acceptors (Lipinski definition) is 3. The summed E-state index contributed by atoms with van der Waals surface area (Å²) < 4.78 is 5.97. The predicted molar refractivity (Wildman–Crippen MR) is 103 cm³/mol. The van der Waals surface area contributed by atoms with E-state index in [1.165, 1.54) is 32.1 Å². The zero-order chi connectivity index (χ0) is 17.4. The first-order valence-corrected chi connectivity index (χ1v) is 10.3. The van der Waals surface area contributed by atoms with Gasteiger partial charge in [0.25, 0.3) is 5.91 Å². The Labute approximate surface area is 150 Å². The third kappa shape index (κ3) is 6.04. The number of hydrogen-bond donors (Lipinski definition) is 1. The van der Waals surface area contributed by atoms with Gasteiger partial charge in [0.05, 0.1) is 0 Å². The molecule has 1 aliphatic carbocycles. The molecular weight excluding hydrogens is 318 g/mol. The molecule has 0 saturated heterocycles. The van der Waals surface area contributed by atoms with Crippen molar-refractivity contribution in [2.75, 3.05) is 12.3 Å². The molecule has 1 saturated carbocycles. The second-order valence-electron chi connectivity index (χ2n) is 6.71. The van der Waals surface area contributed by atoms with Crippen LogP contribution in [0.5, 0.6) is 5.75 Å². The predicted octanol–water partition coefficient (Wildman–Crippen LogP) is 4.64. The normalized spacial score (nSPS) is 16.6. The Morgan fingerprint density at radius 1 is 1.29 bits per heavy atom. The fourth-order valence-electron chi connectivity index (χ4n) is 3.06. The second-order valence-corrected chi connectivity index (χ2v) is 8.11. The number of carbonyl (C=O) groups is 1. The Balaban J connectivity index is 1.75. The van der Waals surface area contributed by atoms with E-state index in [2.05, 4.69) is 11.4 Å². The first-order chi connectivity index (χ1) is 11.6. The summed E-state index contributed by atoms with van der Waals surface area (Å²) in [7, 11) is 0. The van der Waals surface area contributed by atoms with Crippen LogP contribution in [0, 0.1) is 13.8 Å². The van der Waals surface area contributed by atoms with E-state index in [-0.39, 0.29) is 5.91 Å². The van der Waals surface area contributed by atoms with E-state index in [1.54, 1.807) is 0 Å². The van der Waals surface area contributed by atoms with Crippen LogP contribution in [0.2, 0.25) is 0 Å². The standard InChI is InChI=1S/C20H31NO2S/c1-4-18(23-19-14-15(2)10-11-16(19)3)20(22)21-12-13-24-17-8-6-5-7-9-17/h10-11,14,17-18H,4-9,12-13H2,1-3H3,(H,21,22)/t18-/m0/s1. The second kappa shape index (κ2) is 9.97. The molecule has 0 radical (unpaired) electrons. The number of ether oxygens (including phenoxy) is 1. The molecule has 3 nitrogen and oxygen atoms in total. The summed E-state index contributed by atoms with van der Waals surface area (Å²) >= 11 is 2.01. The van der Waals surface area contributed by atoms with Gasteiger partial charge in [-0.2, -0.15) is 11.8 Å². The van der Waals surface area contributed by atoms with Crippen molar-refractivity contribution >= 4 is 17.7 Å². The average molecular weight is 350 g/mol. The highest BCUT2D eigenvalue weighted by atomic mass is 32.2. The molecule has 0 aliphatic heterocycles. The minimum atomic E-state index is -0.412. The van der Waals surface area contributed by atoms with E-state index in [9.17, 15) is 4.79 Å². The van der Waals surface area contributed by atoms with Crippen LogP contribution >= 0.6 is 11.8 Å². The quantitative estimate of drug-likeness (QED) is 0.695. The molecule has 1 aliphatic rings. The summed E-state index contributed by atoms with van der Waals surface area (Å²) in [5, 5.41) is 3.84. The number of carbonyl (C=O) groups excluding carboxylic acids is 1. The lowest BCUT2D eigenvalue weighted by molar-refractivity contribution is -0.128. The average Bonchev–Trinajstić information content (AvgIpc) is 2.60. The summed E-state index contributed by atoms with van der Waals surface area (Å²) in [5.74, 6) is 1.81. The molecule has 1 N–H and O–H groups in total. The van der Waals surface area contributed by atoms with E-state index < -0.39 is 6.10 Å². The highest BCUT2D eigenvalue weighted by molar-refractivity contribution is 7.99. The van der Waals surface area contributed by atoms with Crippen LogP contribution in [0.1, 0.15) is 56.6 Å². The Hall–Kier alpha value is -1.16. The number of rotatable bonds is 8. The van der Waals surface area contributed by atoms with Crippen molar-refractivity contribution in [3.63, 3.8) is 0 Å². The van der Waals surface area contributed by atoms with Gasteiger partial charge in [-0.25, -0.2) is 0 Å². The zero-order valence-corrected chi connectivity index (χ0v) is 16.1. The molecular formula is C20H31NO2S. The van der Waals surface area contributed by atoms with E-state index in [0.717, 1.165) is 34.4 Å². The van der Waals surface area contributed by atoms with Gasteiger partial charge in [0.1, 0.15) is 5.75 Å². The van der Waals surface area contributed by atoms with E-state index in [4.69, 9.17) is 4.74 Å². The highest BCUT2D eigenvalue weighted by Crippen LogP contribution is 2.27. The maximum atomic E-state index is 12.4. The Morgan fingerprint density at radius 2 is 2.04 bits per heavy atom. The minimum Gasteiger partial charge on any atom is -0.480 e. The zero-order valence-electron chi connectivity index (χ0n) is 15.3. The molecule has 0 spiro atoms. The monoisotopic (exact) mass is 349 g/mol. The lowest BCUT2D eigenvalue weighted by Crippen LogP contribution is -2.39. The van der Waals surface area contributed by atoms with E-state index >= 15 is 0 Å². The Bertz CT molecular complexity index is 526. The maximum Gasteiger partial charge on any atom is 0.261 e. The molecule has 0 aromatic heterocycles. The van der Waals surface area contributed by atoms with Crippen molar-refractivity contribution in [3.8, 4) is 5.75 Å². The lowest BCUT2D eigenvalue weighted by Gasteiger charge is -2.22. The Kier molecular flexibility index (Phi) is 7.97. The van der Waals surface area contributed by atoms with Gasteiger partial charge in [-0.05, 0) is 50.3 Å². The van der Waals surface area contributed by atoms with Crippen LogP contribution in [0.4, 0.5) is 0 Å². The first-order valence-electron chi connectivity index (χ1n) is 9.23. The third-order valence-corrected chi connectivity index (χ3v) is 5.97. The van der Waals surface area contributed by atoms with Gasteiger partial charge in [-0.15, -0.1) is 0 Å². The molecule has 1 aromatic carbocycles. The topological polar surface area (TPSA) is 38.3 Å². The summed E-state index contributed by atoms with van der Waals surface area (Å²) in [4.78, 5) is 12.4. The van der Waals surface area contributed by atoms with Crippen LogP contribution < -0.4 is 10.1 Å². The minimum absolute atomic E-state index is 0.00245. The summed E-state index contributed by atoms with van der Waals surface area (Å²) in [6.45, 7) is 6.77. The number of aryl methyl sites for hydroxylation is 2. The van der Waals surface area contributed by atoms with Crippen molar-refractivity contribution < 1.29 is 9.53 Å². The Morgan fingerprint density at radius 3 is 2.75 bits per heavy atom. The molecule has 1 atom stereocenters. The highest BCUT2D eigenvalue weighted by Gasteiger charge is 2.19. The number of amides is 1. The largest absolute Gasteiger partial charge is 0.480 e. The van der Waals surface area contributed by atoms with Gasteiger partial charge < -0.3 is 10.1 Å². The van der Waals surface area contributed by atoms with Crippen molar-refractivity contribution in [1.29, 1.82) is 0 Å². The molecule has 0 heterocycles. The molecule has 2 rings (SSSR count). The van der Waals surface area contributed by atoms with E-state index in [1.807, 2.05) is 44.7 Å². The van der Waals surface area contributed by atoms with Crippen LogP contribution in [0.3, 0.4) is 0 Å². The smallest absolute Gasteiger partial charge is 0.261 e. The molecule has 4 heteroatoms. The van der Waals surface area contributed by atoms with Gasteiger partial charge in [0.15, 0.2) is 6.10 Å². The van der Waals surface area contributed by atoms with Gasteiger partial charge in [0.2, 0.25) is 0 Å². The maximum absolute atomic E-state index is 12.4. The van der Waals surface area contributed by atoms with Gasteiger partial charge >= 0.3 is 0 Å². The van der Waals surface area contributed by atoms with Gasteiger partial charge in [0, 0.05) is 17.5 Å². The van der Waals surface area contributed by atoms with Crippen molar-refractivity contribution in [2.24, 2.45) is 0 Å². The van der Waals surface area contributed by atoms with Crippen LogP contribution in [-0.4, -0.2) is 29.6 Å². The summed E-state index contributed by atoms with van der Waals surface area (Å²) in [6.07, 6.45) is 7.07. The fraction of sp³-hybridized carbons (Fsp3) is 0.650. The molecule has 1 aromatic rings. The van der Waals surface area contributed by atoms with E-state index in [0.29, 0.717) is 6.42 Å². The molecule has 0 unspecified atom stereocenters. The van der Waals surface area contributed by atoms with Crippen LogP contribution in [0.25, 0.3) is 0 Å². The molecule has 1 fully saturated rings. The van der Waals surface area contributed by atoms with Crippen LogP contribution in [0.15, 0.2) is 18.2 Å². The van der Waals surface area contributed by atoms with Gasteiger partial charge in [-0.1, -0.05) is 38.3 Å². The molecule has 24 heavy (non-hydrogen) atoms. The van der Waals surface area contributed by atoms with Crippen LogP contribution in [-0.2, 0) is 4.79 Å². The molecule has 1 amide bonds. The number of benzene rings is 1. The van der Waals surface area contributed by atoms with Gasteiger partial charge in [-0.3, -0.25) is 4.79 Å². The summed E-state index contributed by atoms with van der Waals surface area (Å²) in [5.41, 5.74) is 2.22. The molecule has 0 bridgehead atoms. The lowest BCUT2D eigenvalue weighted by atomic mass is 10.0. The first kappa shape index (κ1) is 19.2. The number of thioether (sulfide) groups is 1. The third-order valence-electron chi connectivity index (χ3n) is 4.58. The summed E-state index contributed by atoms with van der Waals surface area (Å²) in [6, 6.07) is 6.10. The van der Waals surface area contributed by atoms with Crippen molar-refractivity contribution in [3.05, 3.63) is 29.3 Å². The molecule has 134 valence electrons. The van der Waals surface area contributed by atoms with Crippen molar-refractivity contribution in [1.82, 2.24) is 5.32 Å². The van der Waals surface area contributed by atoms with Crippen molar-refractivity contribution in [2.45, 2.75) is 70.7 Å². The number of nitrogens with one attached hydrogen (secondary N) is 1.